The van der Waals surface area contributed by atoms with Crippen LogP contribution >= 0.6 is 11.6 Å². The van der Waals surface area contributed by atoms with Gasteiger partial charge in [0.1, 0.15) is 10.7 Å². The zero-order valence-corrected chi connectivity index (χ0v) is 12.0. The van der Waals surface area contributed by atoms with Crippen LogP contribution in [0.2, 0.25) is 5.15 Å². The van der Waals surface area contributed by atoms with E-state index in [9.17, 15) is 4.79 Å². The van der Waals surface area contributed by atoms with E-state index in [2.05, 4.69) is 10.1 Å². The van der Waals surface area contributed by atoms with E-state index in [-0.39, 0.29) is 5.56 Å². The van der Waals surface area contributed by atoms with Gasteiger partial charge in [-0.25, -0.2) is 14.3 Å². The largest absolute Gasteiger partial charge is 0.477 e. The van der Waals surface area contributed by atoms with Crippen molar-refractivity contribution in [3.63, 3.8) is 0 Å². The summed E-state index contributed by atoms with van der Waals surface area (Å²) in [6.45, 7) is 1.90. The van der Waals surface area contributed by atoms with E-state index in [0.717, 1.165) is 24.1 Å². The Morgan fingerprint density at radius 3 is 2.75 bits per heavy atom. The lowest BCUT2D eigenvalue weighted by atomic mass is 9.84. The number of aromatic nitrogens is 3. The minimum atomic E-state index is -1.03. The molecule has 106 valence electrons. The predicted molar refractivity (Wildman–Crippen MR) is 75.5 cm³/mol. The Morgan fingerprint density at radius 1 is 1.40 bits per heavy atom. The summed E-state index contributed by atoms with van der Waals surface area (Å²) in [6.07, 6.45) is 7.21. The van der Waals surface area contributed by atoms with Crippen LogP contribution in [0.25, 0.3) is 5.65 Å². The van der Waals surface area contributed by atoms with Gasteiger partial charge in [-0.2, -0.15) is 5.10 Å². The Bertz CT molecular complexity index is 675. The second kappa shape index (κ2) is 5.05. The zero-order chi connectivity index (χ0) is 14.3. The van der Waals surface area contributed by atoms with Crippen LogP contribution in [-0.4, -0.2) is 25.7 Å². The standard InChI is InChI=1S/C14H16ClN3O2/c1-8-11(9-5-3-2-4-6-9)12(15)18-13(17-8)10(7-16-18)14(19)20/h7,9H,2-6H2,1H3,(H,19,20). The lowest BCUT2D eigenvalue weighted by Crippen LogP contribution is -2.11. The monoisotopic (exact) mass is 293 g/mol. The SMILES string of the molecule is Cc1nc2c(C(=O)O)cnn2c(Cl)c1C1CCCCC1. The highest BCUT2D eigenvalue weighted by atomic mass is 35.5. The number of rotatable bonds is 2. The number of nitrogens with zero attached hydrogens (tertiary/aromatic N) is 3. The predicted octanol–water partition coefficient (Wildman–Crippen LogP) is 3.44. The molecule has 0 unspecified atom stereocenters. The maximum atomic E-state index is 11.1. The molecule has 5 nitrogen and oxygen atoms in total. The first-order valence-corrected chi connectivity index (χ1v) is 7.24. The number of halogens is 1. The smallest absolute Gasteiger partial charge is 0.341 e. The van der Waals surface area contributed by atoms with Crippen LogP contribution in [0.4, 0.5) is 0 Å². The molecule has 0 aliphatic heterocycles. The number of carbonyl (C=O) groups is 1. The van der Waals surface area contributed by atoms with Crippen molar-refractivity contribution >= 4 is 23.2 Å². The molecule has 3 rings (SSSR count). The molecule has 0 atom stereocenters. The molecule has 2 heterocycles. The summed E-state index contributed by atoms with van der Waals surface area (Å²) in [7, 11) is 0. The molecule has 1 aliphatic rings. The van der Waals surface area contributed by atoms with Crippen molar-refractivity contribution in [2.24, 2.45) is 0 Å². The number of aryl methyl sites for hydroxylation is 1. The van der Waals surface area contributed by atoms with Gasteiger partial charge in [-0.15, -0.1) is 0 Å². The Morgan fingerprint density at radius 2 is 2.10 bits per heavy atom. The van der Waals surface area contributed by atoms with Crippen molar-refractivity contribution in [3.05, 3.63) is 28.2 Å². The first-order valence-electron chi connectivity index (χ1n) is 6.86. The molecule has 0 spiro atoms. The molecular formula is C14H16ClN3O2. The molecule has 20 heavy (non-hydrogen) atoms. The van der Waals surface area contributed by atoms with Gasteiger partial charge >= 0.3 is 5.97 Å². The Labute approximate surface area is 121 Å². The highest BCUT2D eigenvalue weighted by Crippen LogP contribution is 2.37. The topological polar surface area (TPSA) is 67.5 Å². The van der Waals surface area contributed by atoms with Gasteiger partial charge < -0.3 is 5.11 Å². The maximum Gasteiger partial charge on any atom is 0.341 e. The first kappa shape index (κ1) is 13.4. The van der Waals surface area contributed by atoms with Gasteiger partial charge in [0.15, 0.2) is 5.65 Å². The number of hydrogen-bond donors (Lipinski definition) is 1. The van der Waals surface area contributed by atoms with Crippen LogP contribution in [0.5, 0.6) is 0 Å². The van der Waals surface area contributed by atoms with Crippen LogP contribution in [-0.2, 0) is 0 Å². The molecule has 1 fully saturated rings. The highest BCUT2D eigenvalue weighted by molar-refractivity contribution is 6.30. The first-order chi connectivity index (χ1) is 9.59. The number of carboxylic acid groups (broad SMARTS) is 1. The molecular weight excluding hydrogens is 278 g/mol. The van der Waals surface area contributed by atoms with E-state index in [1.807, 2.05) is 6.92 Å². The lowest BCUT2D eigenvalue weighted by Gasteiger charge is -2.24. The van der Waals surface area contributed by atoms with Crippen molar-refractivity contribution in [1.29, 1.82) is 0 Å². The van der Waals surface area contributed by atoms with E-state index in [1.165, 1.54) is 30.0 Å². The van der Waals surface area contributed by atoms with Gasteiger partial charge in [0.25, 0.3) is 0 Å². The average molecular weight is 294 g/mol. The van der Waals surface area contributed by atoms with Crippen LogP contribution in [0, 0.1) is 6.92 Å². The second-order valence-electron chi connectivity index (χ2n) is 5.34. The van der Waals surface area contributed by atoms with E-state index in [1.54, 1.807) is 0 Å². The minimum Gasteiger partial charge on any atom is -0.477 e. The van der Waals surface area contributed by atoms with Crippen LogP contribution < -0.4 is 0 Å². The summed E-state index contributed by atoms with van der Waals surface area (Å²) in [5.41, 5.74) is 2.25. The van der Waals surface area contributed by atoms with Gasteiger partial charge in [0.05, 0.1) is 6.20 Å². The Kier molecular flexibility index (Phi) is 3.38. The summed E-state index contributed by atoms with van der Waals surface area (Å²) in [5, 5.41) is 13.7. The molecule has 6 heteroatoms. The van der Waals surface area contributed by atoms with Gasteiger partial charge in [-0.05, 0) is 25.7 Å². The second-order valence-corrected chi connectivity index (χ2v) is 5.69. The van der Waals surface area contributed by atoms with Gasteiger partial charge in [0.2, 0.25) is 0 Å². The number of carboxylic acids is 1. The van der Waals surface area contributed by atoms with Crippen molar-refractivity contribution in [2.45, 2.75) is 44.9 Å². The molecule has 2 aromatic rings. The van der Waals surface area contributed by atoms with Crippen molar-refractivity contribution in [1.82, 2.24) is 14.6 Å². The number of aromatic carboxylic acids is 1. The lowest BCUT2D eigenvalue weighted by molar-refractivity contribution is 0.0699. The molecule has 1 N–H and O–H groups in total. The Hall–Kier alpha value is -1.62. The third-order valence-corrected chi connectivity index (χ3v) is 4.42. The van der Waals surface area contributed by atoms with E-state index in [4.69, 9.17) is 16.7 Å². The van der Waals surface area contributed by atoms with Gasteiger partial charge in [-0.1, -0.05) is 30.9 Å². The summed E-state index contributed by atoms with van der Waals surface area (Å²) in [5.74, 6) is -0.626. The van der Waals surface area contributed by atoms with E-state index in [0.29, 0.717) is 16.7 Å². The van der Waals surface area contributed by atoms with Gasteiger partial charge in [-0.3, -0.25) is 0 Å². The summed E-state index contributed by atoms with van der Waals surface area (Å²) in [4.78, 5) is 15.6. The molecule has 1 saturated carbocycles. The molecule has 0 aromatic carbocycles. The zero-order valence-electron chi connectivity index (χ0n) is 11.3. The molecule has 2 aromatic heterocycles. The number of fused-ring (bicyclic) bond motifs is 1. The highest BCUT2D eigenvalue weighted by Gasteiger charge is 2.24. The van der Waals surface area contributed by atoms with Crippen molar-refractivity contribution in [3.8, 4) is 0 Å². The third-order valence-electron chi connectivity index (χ3n) is 4.06. The maximum absolute atomic E-state index is 11.1. The van der Waals surface area contributed by atoms with E-state index >= 15 is 0 Å². The van der Waals surface area contributed by atoms with Crippen molar-refractivity contribution < 1.29 is 9.90 Å². The molecule has 0 saturated heterocycles. The fraction of sp³-hybridized carbons (Fsp3) is 0.500. The van der Waals surface area contributed by atoms with Crippen LogP contribution in [0.1, 0.15) is 59.6 Å². The summed E-state index contributed by atoms with van der Waals surface area (Å²) in [6, 6.07) is 0. The molecule has 1 aliphatic carbocycles. The quantitative estimate of drug-likeness (QED) is 0.861. The summed E-state index contributed by atoms with van der Waals surface area (Å²) < 4.78 is 1.45. The van der Waals surface area contributed by atoms with Crippen molar-refractivity contribution in [2.75, 3.05) is 0 Å². The third kappa shape index (κ3) is 2.06. The normalized spacial score (nSPS) is 16.7. The van der Waals surface area contributed by atoms with Crippen LogP contribution in [0.3, 0.4) is 0 Å². The summed E-state index contributed by atoms with van der Waals surface area (Å²) >= 11 is 6.47. The molecule has 0 amide bonds. The fourth-order valence-electron chi connectivity index (χ4n) is 3.08. The Balaban J connectivity index is 2.17. The number of hydrogen-bond acceptors (Lipinski definition) is 3. The minimum absolute atomic E-state index is 0.0881. The molecule has 0 bridgehead atoms. The van der Waals surface area contributed by atoms with Gasteiger partial charge in [0, 0.05) is 11.3 Å². The van der Waals surface area contributed by atoms with E-state index < -0.39 is 5.97 Å². The fourth-order valence-corrected chi connectivity index (χ4v) is 3.50. The van der Waals surface area contributed by atoms with Crippen LogP contribution in [0.15, 0.2) is 6.20 Å². The average Bonchev–Trinajstić information content (AvgIpc) is 2.84. The molecule has 0 radical (unpaired) electrons.